The summed E-state index contributed by atoms with van der Waals surface area (Å²) >= 11 is 0. The fourth-order valence-corrected chi connectivity index (χ4v) is 2.68. The molecule has 0 amide bonds. The van der Waals surface area contributed by atoms with Crippen molar-refractivity contribution in [2.75, 3.05) is 45.8 Å². The maximum absolute atomic E-state index is 3.60. The molecule has 1 atom stereocenters. The fourth-order valence-electron chi connectivity index (χ4n) is 2.68. The van der Waals surface area contributed by atoms with Crippen LogP contribution in [0.2, 0.25) is 0 Å². The minimum Gasteiger partial charge on any atom is -0.317 e. The maximum Gasteiger partial charge on any atom is 0.00791 e. The van der Waals surface area contributed by atoms with Crippen LogP contribution >= 0.6 is 0 Å². The Balaban J connectivity index is 1.70. The molecule has 0 aromatic carbocycles. The average Bonchev–Trinajstić information content (AvgIpc) is 2.49. The van der Waals surface area contributed by atoms with E-state index in [2.05, 4.69) is 28.2 Å². The first kappa shape index (κ1) is 17.9. The van der Waals surface area contributed by atoms with Gasteiger partial charge in [-0.25, -0.2) is 0 Å². The molecule has 1 rings (SSSR count). The third-order valence-electron chi connectivity index (χ3n) is 3.92. The Labute approximate surface area is 125 Å². The van der Waals surface area contributed by atoms with E-state index in [0.29, 0.717) is 0 Å². The summed E-state index contributed by atoms with van der Waals surface area (Å²) in [7, 11) is 0. The zero-order valence-electron chi connectivity index (χ0n) is 13.5. The molecule has 0 aromatic rings. The highest BCUT2D eigenvalue weighted by Gasteiger charge is 2.10. The molecule has 0 bridgehead atoms. The molecule has 0 radical (unpaired) electrons. The van der Waals surface area contributed by atoms with Gasteiger partial charge in [0.1, 0.15) is 0 Å². The molecule has 1 aliphatic rings. The number of rotatable bonds is 13. The SMILES string of the molecule is CCCNCCCNCCCNCCC1CCCCN1. The summed E-state index contributed by atoms with van der Waals surface area (Å²) in [6.07, 6.45) is 9.14. The third-order valence-corrected chi connectivity index (χ3v) is 3.92. The molecule has 4 heteroatoms. The predicted octanol–water partition coefficient (Wildman–Crippen LogP) is 1.48. The smallest absolute Gasteiger partial charge is 0.00791 e. The molecule has 1 saturated heterocycles. The van der Waals surface area contributed by atoms with E-state index in [4.69, 9.17) is 0 Å². The van der Waals surface area contributed by atoms with Crippen molar-refractivity contribution in [2.45, 2.75) is 57.9 Å². The van der Waals surface area contributed by atoms with Gasteiger partial charge in [-0.05, 0) is 84.3 Å². The van der Waals surface area contributed by atoms with Gasteiger partial charge in [0.2, 0.25) is 0 Å². The minimum absolute atomic E-state index is 0.769. The average molecular weight is 284 g/mol. The van der Waals surface area contributed by atoms with E-state index in [1.807, 2.05) is 0 Å². The Bertz CT molecular complexity index is 193. The number of hydrogen-bond donors (Lipinski definition) is 4. The molecule has 0 saturated carbocycles. The van der Waals surface area contributed by atoms with Gasteiger partial charge in [-0.3, -0.25) is 0 Å². The number of piperidine rings is 1. The first-order valence-corrected chi connectivity index (χ1v) is 8.79. The van der Waals surface area contributed by atoms with Crippen molar-refractivity contribution in [3.8, 4) is 0 Å². The van der Waals surface area contributed by atoms with Gasteiger partial charge in [-0.1, -0.05) is 13.3 Å². The summed E-state index contributed by atoms with van der Waals surface area (Å²) in [6, 6.07) is 0.769. The number of nitrogens with one attached hydrogen (secondary N) is 4. The highest BCUT2D eigenvalue weighted by Crippen LogP contribution is 2.08. The summed E-state index contributed by atoms with van der Waals surface area (Å²) in [5.74, 6) is 0. The van der Waals surface area contributed by atoms with Gasteiger partial charge in [0, 0.05) is 6.04 Å². The lowest BCUT2D eigenvalue weighted by molar-refractivity contribution is 0.376. The van der Waals surface area contributed by atoms with Crippen LogP contribution in [0.1, 0.15) is 51.9 Å². The topological polar surface area (TPSA) is 48.1 Å². The summed E-state index contributed by atoms with van der Waals surface area (Å²) in [5, 5.41) is 14.1. The largest absolute Gasteiger partial charge is 0.317 e. The Morgan fingerprint density at radius 1 is 0.850 bits per heavy atom. The summed E-state index contributed by atoms with van der Waals surface area (Å²) in [4.78, 5) is 0. The lowest BCUT2D eigenvalue weighted by Crippen LogP contribution is -2.36. The van der Waals surface area contributed by atoms with Crippen molar-refractivity contribution in [2.24, 2.45) is 0 Å². The van der Waals surface area contributed by atoms with Crippen molar-refractivity contribution < 1.29 is 0 Å². The fraction of sp³-hybridized carbons (Fsp3) is 1.00. The van der Waals surface area contributed by atoms with Crippen molar-refractivity contribution in [1.82, 2.24) is 21.3 Å². The van der Waals surface area contributed by atoms with E-state index in [1.165, 1.54) is 58.0 Å². The van der Waals surface area contributed by atoms with Gasteiger partial charge in [-0.15, -0.1) is 0 Å². The van der Waals surface area contributed by atoms with Crippen molar-refractivity contribution in [1.29, 1.82) is 0 Å². The molecule has 4 N–H and O–H groups in total. The van der Waals surface area contributed by atoms with Crippen molar-refractivity contribution >= 4 is 0 Å². The second kappa shape index (κ2) is 13.8. The Kier molecular flexibility index (Phi) is 12.3. The monoisotopic (exact) mass is 284 g/mol. The van der Waals surface area contributed by atoms with Gasteiger partial charge in [-0.2, -0.15) is 0 Å². The van der Waals surface area contributed by atoms with Crippen LogP contribution in [0.15, 0.2) is 0 Å². The molecule has 4 nitrogen and oxygen atoms in total. The van der Waals surface area contributed by atoms with Crippen LogP contribution in [0.25, 0.3) is 0 Å². The van der Waals surface area contributed by atoms with E-state index < -0.39 is 0 Å². The summed E-state index contributed by atoms with van der Waals surface area (Å²) in [5.41, 5.74) is 0. The normalized spacial score (nSPS) is 19.4. The zero-order valence-corrected chi connectivity index (χ0v) is 13.5. The van der Waals surface area contributed by atoms with Crippen LogP contribution in [-0.2, 0) is 0 Å². The van der Waals surface area contributed by atoms with E-state index in [9.17, 15) is 0 Å². The first-order valence-electron chi connectivity index (χ1n) is 8.79. The van der Waals surface area contributed by atoms with E-state index in [-0.39, 0.29) is 0 Å². The summed E-state index contributed by atoms with van der Waals surface area (Å²) in [6.45, 7) is 10.3. The molecule has 1 unspecified atom stereocenters. The molecule has 1 aliphatic heterocycles. The third kappa shape index (κ3) is 10.6. The second-order valence-corrected chi connectivity index (χ2v) is 5.89. The molecule has 0 aliphatic carbocycles. The maximum atomic E-state index is 3.60. The zero-order chi connectivity index (χ0) is 14.3. The predicted molar refractivity (Wildman–Crippen MR) is 88.4 cm³/mol. The first-order chi connectivity index (χ1) is 9.93. The molecule has 1 fully saturated rings. The summed E-state index contributed by atoms with van der Waals surface area (Å²) < 4.78 is 0. The quantitative estimate of drug-likeness (QED) is 0.387. The van der Waals surface area contributed by atoms with Gasteiger partial charge in [0.05, 0.1) is 0 Å². The standard InChI is InChI=1S/C16H36N4/c1-2-9-17-10-5-11-18-12-6-13-19-15-8-16-7-3-4-14-20-16/h16-20H,2-15H2,1H3. The van der Waals surface area contributed by atoms with Gasteiger partial charge in [0.15, 0.2) is 0 Å². The Morgan fingerprint density at radius 3 is 2.10 bits per heavy atom. The van der Waals surface area contributed by atoms with Crippen LogP contribution in [0.5, 0.6) is 0 Å². The van der Waals surface area contributed by atoms with Crippen LogP contribution in [0.4, 0.5) is 0 Å². The molecular weight excluding hydrogens is 248 g/mol. The molecule has 120 valence electrons. The van der Waals surface area contributed by atoms with Gasteiger partial charge >= 0.3 is 0 Å². The lowest BCUT2D eigenvalue weighted by Gasteiger charge is -2.23. The number of hydrogen-bond acceptors (Lipinski definition) is 4. The van der Waals surface area contributed by atoms with E-state index in [1.54, 1.807) is 0 Å². The molecular formula is C16H36N4. The second-order valence-electron chi connectivity index (χ2n) is 5.89. The van der Waals surface area contributed by atoms with Gasteiger partial charge < -0.3 is 21.3 Å². The Morgan fingerprint density at radius 2 is 1.50 bits per heavy atom. The van der Waals surface area contributed by atoms with Crippen molar-refractivity contribution in [3.63, 3.8) is 0 Å². The van der Waals surface area contributed by atoms with Crippen LogP contribution in [-0.4, -0.2) is 51.9 Å². The van der Waals surface area contributed by atoms with Crippen LogP contribution < -0.4 is 21.3 Å². The van der Waals surface area contributed by atoms with E-state index in [0.717, 1.165) is 38.8 Å². The minimum atomic E-state index is 0.769. The molecule has 1 heterocycles. The lowest BCUT2D eigenvalue weighted by atomic mass is 10.0. The molecule has 0 aromatic heterocycles. The van der Waals surface area contributed by atoms with Crippen molar-refractivity contribution in [3.05, 3.63) is 0 Å². The Hall–Kier alpha value is -0.160. The molecule has 0 spiro atoms. The van der Waals surface area contributed by atoms with Gasteiger partial charge in [0.25, 0.3) is 0 Å². The highest BCUT2D eigenvalue weighted by molar-refractivity contribution is 4.72. The van der Waals surface area contributed by atoms with Crippen LogP contribution in [0, 0.1) is 0 Å². The van der Waals surface area contributed by atoms with E-state index >= 15 is 0 Å². The highest BCUT2D eigenvalue weighted by atomic mass is 14.9. The molecule has 20 heavy (non-hydrogen) atoms. The van der Waals surface area contributed by atoms with Crippen LogP contribution in [0.3, 0.4) is 0 Å².